The molecule has 0 aromatic carbocycles. The molecule has 1 heterocycles. The molecular weight excluding hydrogens is 374 g/mol. The molecule has 4 bridgehead atoms. The summed E-state index contributed by atoms with van der Waals surface area (Å²) >= 11 is 0. The molecule has 28 heavy (non-hydrogen) atoms. The van der Waals surface area contributed by atoms with E-state index in [4.69, 9.17) is 0 Å². The van der Waals surface area contributed by atoms with Crippen LogP contribution in [0.15, 0.2) is 0 Å². The number of hydrogen-bond acceptors (Lipinski definition) is 3. The molecule has 5 rings (SSSR count). The van der Waals surface area contributed by atoms with Gasteiger partial charge in [-0.1, -0.05) is 13.8 Å². The van der Waals surface area contributed by atoms with E-state index in [1.165, 1.54) is 19.3 Å². The third-order valence-electron chi connectivity index (χ3n) is 7.95. The van der Waals surface area contributed by atoms with Crippen LogP contribution in [0.2, 0.25) is 0 Å². The van der Waals surface area contributed by atoms with Gasteiger partial charge < -0.3 is 15.5 Å². The third kappa shape index (κ3) is 4.07. The molecule has 5 fully saturated rings. The fourth-order valence-corrected chi connectivity index (χ4v) is 6.78. The van der Waals surface area contributed by atoms with Gasteiger partial charge in [0.15, 0.2) is 0 Å². The van der Waals surface area contributed by atoms with Gasteiger partial charge in [-0.25, -0.2) is 0 Å². The van der Waals surface area contributed by atoms with Gasteiger partial charge in [0.1, 0.15) is 6.04 Å². The molecule has 1 saturated heterocycles. The summed E-state index contributed by atoms with van der Waals surface area (Å²) in [5.74, 6) is 2.66. The Morgan fingerprint density at radius 3 is 1.89 bits per heavy atom. The summed E-state index contributed by atoms with van der Waals surface area (Å²) in [6.07, 6.45) is 9.15. The van der Waals surface area contributed by atoms with Crippen molar-refractivity contribution in [3.63, 3.8) is 0 Å². The van der Waals surface area contributed by atoms with Crippen molar-refractivity contribution in [2.75, 3.05) is 20.1 Å². The molecule has 2 amide bonds. The first-order valence-electron chi connectivity index (χ1n) is 11.2. The van der Waals surface area contributed by atoms with Crippen LogP contribution < -0.4 is 10.6 Å². The van der Waals surface area contributed by atoms with E-state index in [1.54, 1.807) is 0 Å². The molecule has 1 atom stereocenters. The van der Waals surface area contributed by atoms with Crippen LogP contribution in [0.25, 0.3) is 0 Å². The molecule has 5 aliphatic rings. The van der Waals surface area contributed by atoms with Crippen molar-refractivity contribution in [1.29, 1.82) is 0 Å². The van der Waals surface area contributed by atoms with Crippen LogP contribution in [0, 0.1) is 29.1 Å². The Hall–Kier alpha value is -0.810. The van der Waals surface area contributed by atoms with Gasteiger partial charge in [-0.15, -0.1) is 12.4 Å². The minimum atomic E-state index is -0.378. The van der Waals surface area contributed by atoms with Gasteiger partial charge >= 0.3 is 0 Å². The second kappa shape index (κ2) is 8.51. The highest BCUT2D eigenvalue weighted by Crippen LogP contribution is 2.60. The van der Waals surface area contributed by atoms with Crippen LogP contribution >= 0.6 is 12.4 Å². The molecule has 0 aromatic heterocycles. The molecule has 0 spiro atoms. The number of halogens is 1. The third-order valence-corrected chi connectivity index (χ3v) is 7.95. The van der Waals surface area contributed by atoms with Crippen molar-refractivity contribution in [1.82, 2.24) is 15.5 Å². The summed E-state index contributed by atoms with van der Waals surface area (Å²) in [6, 6.07) is 0.129. The predicted octanol–water partition coefficient (Wildman–Crippen LogP) is 2.98. The quantitative estimate of drug-likeness (QED) is 0.731. The smallest absolute Gasteiger partial charge is 0.245 e. The minimum absolute atomic E-state index is 0. The lowest BCUT2D eigenvalue weighted by Gasteiger charge is -2.56. The van der Waals surface area contributed by atoms with Gasteiger partial charge in [0, 0.05) is 24.5 Å². The van der Waals surface area contributed by atoms with E-state index in [9.17, 15) is 9.59 Å². The Balaban J connectivity index is 0.00000225. The molecule has 2 N–H and O–H groups in total. The first-order valence-corrected chi connectivity index (χ1v) is 11.2. The van der Waals surface area contributed by atoms with Gasteiger partial charge in [-0.05, 0) is 82.1 Å². The molecule has 4 saturated carbocycles. The number of amides is 2. The van der Waals surface area contributed by atoms with Gasteiger partial charge in [0.2, 0.25) is 11.8 Å². The van der Waals surface area contributed by atoms with Crippen molar-refractivity contribution >= 4 is 24.2 Å². The number of carbonyl (C=O) groups excluding carboxylic acids is 2. The fourth-order valence-electron chi connectivity index (χ4n) is 6.78. The maximum absolute atomic E-state index is 13.4. The number of nitrogens with zero attached hydrogens (tertiary/aromatic N) is 1. The average Bonchev–Trinajstić information content (AvgIpc) is 2.64. The highest BCUT2D eigenvalue weighted by Gasteiger charge is 2.55. The van der Waals surface area contributed by atoms with E-state index >= 15 is 0 Å². The summed E-state index contributed by atoms with van der Waals surface area (Å²) < 4.78 is 0. The van der Waals surface area contributed by atoms with Crippen LogP contribution in [0.3, 0.4) is 0 Å². The minimum Gasteiger partial charge on any atom is -0.344 e. The summed E-state index contributed by atoms with van der Waals surface area (Å²) in [7, 11) is 1.99. The van der Waals surface area contributed by atoms with Gasteiger partial charge in [0.25, 0.3) is 0 Å². The molecule has 5 nitrogen and oxygen atoms in total. The van der Waals surface area contributed by atoms with Crippen molar-refractivity contribution < 1.29 is 9.59 Å². The van der Waals surface area contributed by atoms with Gasteiger partial charge in [0.05, 0.1) is 0 Å². The first-order chi connectivity index (χ1) is 12.9. The number of piperidine rings is 1. The Labute approximate surface area is 176 Å². The van der Waals surface area contributed by atoms with Crippen molar-refractivity contribution in [3.05, 3.63) is 0 Å². The SMILES string of the molecule is CNC1CCN(C(=O)C(NC(=O)C23CC4CC(CC(C4)C2)C3)C(C)C)CC1.Cl. The Bertz CT molecular complexity index is 551. The second-order valence-corrected chi connectivity index (χ2v) is 10.3. The first kappa shape index (κ1) is 21.9. The summed E-state index contributed by atoms with van der Waals surface area (Å²) in [4.78, 5) is 28.6. The van der Waals surface area contributed by atoms with Crippen LogP contribution in [0.1, 0.15) is 65.2 Å². The predicted molar refractivity (Wildman–Crippen MR) is 113 cm³/mol. The van der Waals surface area contributed by atoms with E-state index in [0.717, 1.165) is 62.9 Å². The van der Waals surface area contributed by atoms with E-state index in [2.05, 4.69) is 24.5 Å². The Kier molecular flexibility index (Phi) is 6.65. The lowest BCUT2D eigenvalue weighted by Crippen LogP contribution is -2.59. The van der Waals surface area contributed by atoms with Crippen LogP contribution in [0.5, 0.6) is 0 Å². The van der Waals surface area contributed by atoms with Crippen LogP contribution in [-0.2, 0) is 9.59 Å². The Morgan fingerprint density at radius 1 is 0.964 bits per heavy atom. The number of rotatable bonds is 5. The maximum atomic E-state index is 13.4. The summed E-state index contributed by atoms with van der Waals surface area (Å²) in [6.45, 7) is 5.70. The molecule has 0 radical (unpaired) electrons. The zero-order valence-corrected chi connectivity index (χ0v) is 18.5. The molecule has 6 heteroatoms. The number of hydrogen-bond donors (Lipinski definition) is 2. The topological polar surface area (TPSA) is 61.4 Å². The average molecular weight is 412 g/mol. The maximum Gasteiger partial charge on any atom is 0.245 e. The van der Waals surface area contributed by atoms with E-state index in [-0.39, 0.29) is 41.6 Å². The van der Waals surface area contributed by atoms with E-state index < -0.39 is 0 Å². The highest BCUT2D eigenvalue weighted by molar-refractivity contribution is 5.90. The Morgan fingerprint density at radius 2 is 1.46 bits per heavy atom. The molecule has 1 aliphatic heterocycles. The molecule has 0 aromatic rings. The van der Waals surface area contributed by atoms with Crippen LogP contribution in [-0.4, -0.2) is 48.9 Å². The molecule has 160 valence electrons. The number of carbonyl (C=O) groups is 2. The van der Waals surface area contributed by atoms with Crippen molar-refractivity contribution in [3.8, 4) is 0 Å². The van der Waals surface area contributed by atoms with Gasteiger partial charge in [-0.2, -0.15) is 0 Å². The molecule has 1 unspecified atom stereocenters. The summed E-state index contributed by atoms with van der Waals surface area (Å²) in [5, 5.41) is 6.56. The number of nitrogens with one attached hydrogen (secondary N) is 2. The zero-order chi connectivity index (χ0) is 19.2. The lowest BCUT2D eigenvalue weighted by atomic mass is 9.49. The van der Waals surface area contributed by atoms with Crippen molar-refractivity contribution in [2.45, 2.75) is 77.3 Å². The zero-order valence-electron chi connectivity index (χ0n) is 17.7. The monoisotopic (exact) mass is 411 g/mol. The largest absolute Gasteiger partial charge is 0.344 e. The van der Waals surface area contributed by atoms with Crippen molar-refractivity contribution in [2.24, 2.45) is 29.1 Å². The molecular formula is C22H38ClN3O2. The highest BCUT2D eigenvalue weighted by atomic mass is 35.5. The molecule has 4 aliphatic carbocycles. The van der Waals surface area contributed by atoms with Gasteiger partial charge in [-0.3, -0.25) is 9.59 Å². The summed E-state index contributed by atoms with van der Waals surface area (Å²) in [5.41, 5.74) is -0.179. The normalized spacial score (nSPS) is 35.6. The van der Waals surface area contributed by atoms with E-state index in [0.29, 0.717) is 6.04 Å². The van der Waals surface area contributed by atoms with Crippen LogP contribution in [0.4, 0.5) is 0 Å². The lowest BCUT2D eigenvalue weighted by molar-refractivity contribution is -0.151. The second-order valence-electron chi connectivity index (χ2n) is 10.3. The standard InChI is InChI=1S/C22H37N3O2.ClH/c1-14(2)19(20(26)25-6-4-18(23-3)5-7-25)24-21(27)22-11-15-8-16(12-22)10-17(9-15)13-22;/h14-19,23H,4-13H2,1-3H3,(H,24,27);1H. The fraction of sp³-hybridized carbons (Fsp3) is 0.909. The van der Waals surface area contributed by atoms with E-state index in [1.807, 2.05) is 11.9 Å². The number of likely N-dealkylation sites (tertiary alicyclic amines) is 1.